The van der Waals surface area contributed by atoms with Crippen LogP contribution in [0.1, 0.15) is 41.5 Å². The Bertz CT molecular complexity index is 885. The van der Waals surface area contributed by atoms with E-state index in [1.807, 2.05) is 18.2 Å². The van der Waals surface area contributed by atoms with Crippen LogP contribution in [0.15, 0.2) is 30.3 Å². The smallest absolute Gasteiger partial charge is 0.356 e. The minimum Gasteiger partial charge on any atom is -0.461 e. The number of anilines is 2. The summed E-state index contributed by atoms with van der Waals surface area (Å²) in [5.74, 6) is -0.486. The summed E-state index contributed by atoms with van der Waals surface area (Å²) in [7, 11) is 0. The third kappa shape index (κ3) is 4.51. The molecule has 2 aliphatic rings. The van der Waals surface area contributed by atoms with Crippen molar-refractivity contribution < 1.29 is 14.3 Å². The number of aromatic amines is 1. The van der Waals surface area contributed by atoms with Gasteiger partial charge in [0.1, 0.15) is 5.69 Å². The van der Waals surface area contributed by atoms with Gasteiger partial charge in [0, 0.05) is 37.6 Å². The molecule has 1 aliphatic carbocycles. The van der Waals surface area contributed by atoms with Crippen LogP contribution in [0.3, 0.4) is 0 Å². The fourth-order valence-corrected chi connectivity index (χ4v) is 4.36. The third-order valence-electron chi connectivity index (χ3n) is 5.90. The Morgan fingerprint density at radius 1 is 1.07 bits per heavy atom. The van der Waals surface area contributed by atoms with Crippen LogP contribution in [0.4, 0.5) is 11.4 Å². The summed E-state index contributed by atoms with van der Waals surface area (Å²) < 4.78 is 5.19. The maximum atomic E-state index is 12.8. The molecule has 160 valence electrons. The maximum Gasteiger partial charge on any atom is 0.356 e. The number of amides is 1. The zero-order valence-corrected chi connectivity index (χ0v) is 17.6. The fourth-order valence-electron chi connectivity index (χ4n) is 4.36. The van der Waals surface area contributed by atoms with E-state index in [0.29, 0.717) is 24.5 Å². The lowest BCUT2D eigenvalue weighted by Crippen LogP contribution is -2.48. The minimum atomic E-state index is -0.404. The molecule has 2 aromatic rings. The molecule has 1 saturated heterocycles. The number of nitrogens with zero attached hydrogens (tertiary/aromatic N) is 2. The van der Waals surface area contributed by atoms with E-state index < -0.39 is 5.97 Å². The van der Waals surface area contributed by atoms with Crippen molar-refractivity contribution in [1.29, 1.82) is 0 Å². The maximum absolute atomic E-state index is 12.8. The highest BCUT2D eigenvalue weighted by atomic mass is 16.5. The average Bonchev–Trinajstić information content (AvgIpc) is 3.13. The van der Waals surface area contributed by atoms with Gasteiger partial charge in [-0.15, -0.1) is 0 Å². The fraction of sp³-hybridized carbons (Fsp3) is 0.478. The molecule has 1 aromatic heterocycles. The second kappa shape index (κ2) is 9.34. The molecule has 2 heterocycles. The first-order chi connectivity index (χ1) is 14.7. The van der Waals surface area contributed by atoms with Gasteiger partial charge in [0.25, 0.3) is 0 Å². The number of carbonyl (C=O) groups is 2. The molecule has 4 rings (SSSR count). The number of hydrogen-bond acceptors (Lipinski definition) is 5. The van der Waals surface area contributed by atoms with Crippen LogP contribution < -0.4 is 10.2 Å². The van der Waals surface area contributed by atoms with E-state index in [0.717, 1.165) is 63.1 Å². The van der Waals surface area contributed by atoms with Gasteiger partial charge < -0.3 is 19.9 Å². The average molecular weight is 411 g/mol. The topological polar surface area (TPSA) is 77.7 Å². The van der Waals surface area contributed by atoms with E-state index in [4.69, 9.17) is 4.74 Å². The number of fused-ring (bicyclic) bond motifs is 1. The molecule has 2 N–H and O–H groups in total. The summed E-state index contributed by atoms with van der Waals surface area (Å²) in [5.41, 5.74) is 4.34. The molecule has 0 radical (unpaired) electrons. The van der Waals surface area contributed by atoms with Crippen LogP contribution in [0.2, 0.25) is 0 Å². The molecule has 7 heteroatoms. The number of H-pyrrole nitrogens is 1. The van der Waals surface area contributed by atoms with Gasteiger partial charge in [0.05, 0.1) is 18.8 Å². The molecule has 0 unspecified atom stereocenters. The van der Waals surface area contributed by atoms with E-state index in [9.17, 15) is 9.59 Å². The SMILES string of the molecule is CCOC(=O)c1[nH]c2c(c1NC(=O)CN1CCN(c3ccccc3)CC1)CCCC2. The Kier molecular flexibility index (Phi) is 6.38. The van der Waals surface area contributed by atoms with Crippen LogP contribution in [0.5, 0.6) is 0 Å². The number of aryl methyl sites for hydroxylation is 1. The molecule has 0 saturated carbocycles. The Balaban J connectivity index is 1.38. The van der Waals surface area contributed by atoms with Crippen molar-refractivity contribution in [3.05, 3.63) is 47.3 Å². The lowest BCUT2D eigenvalue weighted by molar-refractivity contribution is -0.117. The highest BCUT2D eigenvalue weighted by Gasteiger charge is 2.27. The van der Waals surface area contributed by atoms with E-state index in [2.05, 4.69) is 32.2 Å². The summed E-state index contributed by atoms with van der Waals surface area (Å²) in [6.07, 6.45) is 3.93. The van der Waals surface area contributed by atoms with E-state index in [1.54, 1.807) is 6.92 Å². The zero-order chi connectivity index (χ0) is 20.9. The van der Waals surface area contributed by atoms with Crippen LogP contribution in [0.25, 0.3) is 0 Å². The number of esters is 1. The number of carbonyl (C=O) groups excluding carboxylic acids is 2. The molecule has 1 aromatic carbocycles. The molecular weight excluding hydrogens is 380 g/mol. The molecule has 0 atom stereocenters. The van der Waals surface area contributed by atoms with Crippen LogP contribution in [-0.2, 0) is 22.4 Å². The second-order valence-corrected chi connectivity index (χ2v) is 7.91. The largest absolute Gasteiger partial charge is 0.461 e. The molecule has 1 aliphatic heterocycles. The number of para-hydroxylation sites is 1. The lowest BCUT2D eigenvalue weighted by Gasteiger charge is -2.35. The van der Waals surface area contributed by atoms with Crippen molar-refractivity contribution in [3.8, 4) is 0 Å². The second-order valence-electron chi connectivity index (χ2n) is 7.91. The first kappa shape index (κ1) is 20.5. The van der Waals surface area contributed by atoms with E-state index >= 15 is 0 Å². The van der Waals surface area contributed by atoms with Crippen LogP contribution in [0, 0.1) is 0 Å². The van der Waals surface area contributed by atoms with Crippen molar-refractivity contribution >= 4 is 23.3 Å². The number of nitrogens with one attached hydrogen (secondary N) is 2. The van der Waals surface area contributed by atoms with E-state index in [-0.39, 0.29) is 5.91 Å². The van der Waals surface area contributed by atoms with Crippen molar-refractivity contribution in [2.45, 2.75) is 32.6 Å². The van der Waals surface area contributed by atoms with Gasteiger partial charge in [-0.05, 0) is 50.3 Å². The predicted molar refractivity (Wildman–Crippen MR) is 117 cm³/mol. The molecule has 0 spiro atoms. The number of benzene rings is 1. The minimum absolute atomic E-state index is 0.0823. The van der Waals surface area contributed by atoms with Gasteiger partial charge in [-0.25, -0.2) is 4.79 Å². The summed E-state index contributed by atoms with van der Waals surface area (Å²) in [4.78, 5) is 32.9. The van der Waals surface area contributed by atoms with Crippen LogP contribution in [-0.4, -0.2) is 61.1 Å². The number of aromatic nitrogens is 1. The van der Waals surface area contributed by atoms with Crippen molar-refractivity contribution in [1.82, 2.24) is 9.88 Å². The Labute approximate surface area is 177 Å². The summed E-state index contributed by atoms with van der Waals surface area (Å²) in [6.45, 7) is 5.87. The summed E-state index contributed by atoms with van der Waals surface area (Å²) >= 11 is 0. The normalized spacial score (nSPS) is 16.8. The molecular formula is C23H30N4O3. The monoisotopic (exact) mass is 410 g/mol. The Morgan fingerprint density at radius 2 is 1.80 bits per heavy atom. The molecule has 1 amide bonds. The zero-order valence-electron chi connectivity index (χ0n) is 17.6. The summed E-state index contributed by atoms with van der Waals surface area (Å²) in [5, 5.41) is 3.02. The molecule has 30 heavy (non-hydrogen) atoms. The first-order valence-electron chi connectivity index (χ1n) is 10.9. The molecule has 7 nitrogen and oxygen atoms in total. The molecule has 1 fully saturated rings. The number of piperazine rings is 1. The summed E-state index contributed by atoms with van der Waals surface area (Å²) in [6, 6.07) is 10.4. The van der Waals surface area contributed by atoms with Crippen molar-refractivity contribution in [2.75, 3.05) is 49.5 Å². The van der Waals surface area contributed by atoms with Crippen molar-refractivity contribution in [2.24, 2.45) is 0 Å². The van der Waals surface area contributed by atoms with Gasteiger partial charge in [-0.2, -0.15) is 0 Å². The standard InChI is InChI=1S/C23H30N4O3/c1-2-30-23(29)22-21(18-10-6-7-11-19(18)24-22)25-20(28)16-26-12-14-27(15-13-26)17-8-4-3-5-9-17/h3-5,8-9,24H,2,6-7,10-16H2,1H3,(H,25,28). The number of rotatable bonds is 6. The highest BCUT2D eigenvalue weighted by Crippen LogP contribution is 2.32. The highest BCUT2D eigenvalue weighted by molar-refractivity contribution is 6.02. The van der Waals surface area contributed by atoms with Gasteiger partial charge in [0.15, 0.2) is 0 Å². The van der Waals surface area contributed by atoms with Crippen LogP contribution >= 0.6 is 0 Å². The predicted octanol–water partition coefficient (Wildman–Crippen LogP) is 2.83. The van der Waals surface area contributed by atoms with E-state index in [1.165, 1.54) is 5.69 Å². The van der Waals surface area contributed by atoms with Gasteiger partial charge in [0.2, 0.25) is 5.91 Å². The van der Waals surface area contributed by atoms with Gasteiger partial charge in [-0.1, -0.05) is 18.2 Å². The van der Waals surface area contributed by atoms with Crippen molar-refractivity contribution in [3.63, 3.8) is 0 Å². The Morgan fingerprint density at radius 3 is 2.53 bits per heavy atom. The lowest BCUT2D eigenvalue weighted by atomic mass is 9.97. The van der Waals surface area contributed by atoms with Gasteiger partial charge in [-0.3, -0.25) is 9.69 Å². The third-order valence-corrected chi connectivity index (χ3v) is 5.90. The molecule has 0 bridgehead atoms. The Hall–Kier alpha value is -2.80. The first-order valence-corrected chi connectivity index (χ1v) is 10.9. The van der Waals surface area contributed by atoms with Gasteiger partial charge >= 0.3 is 5.97 Å². The quantitative estimate of drug-likeness (QED) is 0.716. The number of ether oxygens (including phenoxy) is 1. The number of hydrogen-bond donors (Lipinski definition) is 2.